The highest BCUT2D eigenvalue weighted by Crippen LogP contribution is 2.18. The van der Waals surface area contributed by atoms with Gasteiger partial charge in [0.2, 0.25) is 0 Å². The lowest BCUT2D eigenvalue weighted by Crippen LogP contribution is -2.11. The van der Waals surface area contributed by atoms with Gasteiger partial charge < -0.3 is 14.8 Å². The Bertz CT molecular complexity index is 861. The third kappa shape index (κ3) is 5.97. The van der Waals surface area contributed by atoms with Crippen LogP contribution in [0.1, 0.15) is 22.5 Å². The molecule has 0 saturated heterocycles. The SMILES string of the molecule is O=C(CCCOc1ccccc1)Oc1ccc(NC(=O)c2cccs2)cc1. The molecule has 0 radical (unpaired) electrons. The van der Waals surface area contributed by atoms with Crippen LogP contribution in [0.5, 0.6) is 11.5 Å². The van der Waals surface area contributed by atoms with Gasteiger partial charge in [0, 0.05) is 12.1 Å². The van der Waals surface area contributed by atoms with Gasteiger partial charge in [-0.15, -0.1) is 11.3 Å². The van der Waals surface area contributed by atoms with Crippen LogP contribution < -0.4 is 14.8 Å². The highest BCUT2D eigenvalue weighted by atomic mass is 32.1. The highest BCUT2D eigenvalue weighted by Gasteiger charge is 2.08. The first-order valence-electron chi connectivity index (χ1n) is 8.54. The number of rotatable bonds is 8. The number of thiophene rings is 1. The lowest BCUT2D eigenvalue weighted by Gasteiger charge is -2.08. The van der Waals surface area contributed by atoms with E-state index in [2.05, 4.69) is 5.32 Å². The second kappa shape index (κ2) is 9.54. The minimum atomic E-state index is -0.318. The van der Waals surface area contributed by atoms with E-state index in [4.69, 9.17) is 9.47 Å². The first kappa shape index (κ1) is 18.7. The molecule has 3 aromatic rings. The summed E-state index contributed by atoms with van der Waals surface area (Å²) in [6.45, 7) is 0.451. The standard InChI is InChI=1S/C21H19NO4S/c23-20(9-4-14-25-17-6-2-1-3-7-17)26-18-12-10-16(11-13-18)22-21(24)19-8-5-15-27-19/h1-3,5-8,10-13,15H,4,9,14H2,(H,22,24). The van der Waals surface area contributed by atoms with Crippen LogP contribution in [0.25, 0.3) is 0 Å². The fourth-order valence-corrected chi connectivity index (χ4v) is 2.93. The Kier molecular flexibility index (Phi) is 6.60. The Balaban J connectivity index is 1.39. The minimum absolute atomic E-state index is 0.159. The van der Waals surface area contributed by atoms with Crippen molar-refractivity contribution in [1.82, 2.24) is 0 Å². The van der Waals surface area contributed by atoms with Gasteiger partial charge in [-0.25, -0.2) is 0 Å². The van der Waals surface area contributed by atoms with Gasteiger partial charge in [0.15, 0.2) is 0 Å². The zero-order valence-corrected chi connectivity index (χ0v) is 15.4. The average molecular weight is 381 g/mol. The highest BCUT2D eigenvalue weighted by molar-refractivity contribution is 7.12. The topological polar surface area (TPSA) is 64.6 Å². The molecule has 2 aromatic carbocycles. The molecule has 1 aromatic heterocycles. The summed E-state index contributed by atoms with van der Waals surface area (Å²) in [5.41, 5.74) is 0.643. The average Bonchev–Trinajstić information content (AvgIpc) is 3.23. The molecule has 5 nitrogen and oxygen atoms in total. The Morgan fingerprint density at radius 3 is 2.37 bits per heavy atom. The predicted octanol–water partition coefficient (Wildman–Crippen LogP) is 4.77. The quantitative estimate of drug-likeness (QED) is 0.347. The van der Waals surface area contributed by atoms with E-state index in [0.29, 0.717) is 29.3 Å². The zero-order chi connectivity index (χ0) is 18.9. The Morgan fingerprint density at radius 2 is 1.67 bits per heavy atom. The molecule has 0 aliphatic carbocycles. The number of carbonyl (C=O) groups excluding carboxylic acids is 2. The first-order chi connectivity index (χ1) is 13.2. The monoisotopic (exact) mass is 381 g/mol. The van der Waals surface area contributed by atoms with E-state index >= 15 is 0 Å². The van der Waals surface area contributed by atoms with E-state index in [1.165, 1.54) is 11.3 Å². The van der Waals surface area contributed by atoms with Gasteiger partial charge in [-0.1, -0.05) is 24.3 Å². The summed E-state index contributed by atoms with van der Waals surface area (Å²) >= 11 is 1.38. The molecular weight excluding hydrogens is 362 g/mol. The van der Waals surface area contributed by atoms with Crippen molar-refractivity contribution in [2.24, 2.45) is 0 Å². The predicted molar refractivity (Wildman–Crippen MR) is 106 cm³/mol. The number of esters is 1. The molecule has 0 aliphatic rings. The number of para-hydroxylation sites is 1. The molecule has 0 fully saturated rings. The number of hydrogen-bond donors (Lipinski definition) is 1. The van der Waals surface area contributed by atoms with Gasteiger partial charge >= 0.3 is 5.97 Å². The number of carbonyl (C=O) groups is 2. The van der Waals surface area contributed by atoms with Gasteiger partial charge in [-0.3, -0.25) is 9.59 Å². The molecule has 0 aliphatic heterocycles. The van der Waals surface area contributed by atoms with Gasteiger partial charge in [-0.05, 0) is 54.3 Å². The molecule has 0 atom stereocenters. The van der Waals surface area contributed by atoms with Crippen molar-refractivity contribution in [2.75, 3.05) is 11.9 Å². The summed E-state index contributed by atoms with van der Waals surface area (Å²) in [5.74, 6) is 0.749. The summed E-state index contributed by atoms with van der Waals surface area (Å²) in [6, 6.07) is 19.8. The van der Waals surface area contributed by atoms with Gasteiger partial charge in [0.25, 0.3) is 5.91 Å². The molecule has 0 spiro atoms. The van der Waals surface area contributed by atoms with Crippen molar-refractivity contribution in [2.45, 2.75) is 12.8 Å². The van der Waals surface area contributed by atoms with Crippen LogP contribution >= 0.6 is 11.3 Å². The second-order valence-electron chi connectivity index (χ2n) is 5.69. The Hall–Kier alpha value is -3.12. The van der Waals surface area contributed by atoms with Crippen molar-refractivity contribution >= 4 is 28.9 Å². The van der Waals surface area contributed by atoms with Crippen LogP contribution in [0, 0.1) is 0 Å². The van der Waals surface area contributed by atoms with Gasteiger partial charge in [0.05, 0.1) is 11.5 Å². The fraction of sp³-hybridized carbons (Fsp3) is 0.143. The van der Waals surface area contributed by atoms with Crippen molar-refractivity contribution in [3.63, 3.8) is 0 Å². The summed E-state index contributed by atoms with van der Waals surface area (Å²) in [4.78, 5) is 24.5. The summed E-state index contributed by atoms with van der Waals surface area (Å²) in [5, 5.41) is 4.65. The summed E-state index contributed by atoms with van der Waals surface area (Å²) in [7, 11) is 0. The molecule has 3 rings (SSSR count). The van der Waals surface area contributed by atoms with E-state index in [0.717, 1.165) is 5.75 Å². The van der Waals surface area contributed by atoms with Crippen molar-refractivity contribution in [1.29, 1.82) is 0 Å². The zero-order valence-electron chi connectivity index (χ0n) is 14.6. The maximum absolute atomic E-state index is 12.0. The molecule has 1 N–H and O–H groups in total. The number of ether oxygens (including phenoxy) is 2. The van der Waals surface area contributed by atoms with E-state index in [1.54, 1.807) is 30.3 Å². The number of hydrogen-bond acceptors (Lipinski definition) is 5. The molecule has 138 valence electrons. The van der Waals surface area contributed by atoms with Crippen LogP contribution in [0.4, 0.5) is 5.69 Å². The maximum atomic E-state index is 12.0. The van der Waals surface area contributed by atoms with Crippen LogP contribution in [0.2, 0.25) is 0 Å². The number of anilines is 1. The lowest BCUT2D eigenvalue weighted by molar-refractivity contribution is -0.134. The number of nitrogens with one attached hydrogen (secondary N) is 1. The van der Waals surface area contributed by atoms with E-state index in [-0.39, 0.29) is 18.3 Å². The van der Waals surface area contributed by atoms with Crippen molar-refractivity contribution < 1.29 is 19.1 Å². The maximum Gasteiger partial charge on any atom is 0.311 e. The Labute approximate surface area is 161 Å². The van der Waals surface area contributed by atoms with Crippen molar-refractivity contribution in [3.05, 3.63) is 77.0 Å². The second-order valence-corrected chi connectivity index (χ2v) is 6.64. The molecule has 6 heteroatoms. The van der Waals surface area contributed by atoms with Crippen molar-refractivity contribution in [3.8, 4) is 11.5 Å². The number of amides is 1. The van der Waals surface area contributed by atoms with Crippen LogP contribution in [0.3, 0.4) is 0 Å². The lowest BCUT2D eigenvalue weighted by atomic mass is 10.3. The summed E-state index contributed by atoms with van der Waals surface area (Å²) in [6.07, 6.45) is 0.840. The van der Waals surface area contributed by atoms with Gasteiger partial charge in [-0.2, -0.15) is 0 Å². The molecule has 0 bridgehead atoms. The molecule has 27 heavy (non-hydrogen) atoms. The van der Waals surface area contributed by atoms with Crippen LogP contribution in [-0.4, -0.2) is 18.5 Å². The van der Waals surface area contributed by atoms with Crippen LogP contribution in [-0.2, 0) is 4.79 Å². The van der Waals surface area contributed by atoms with E-state index < -0.39 is 0 Å². The molecule has 1 amide bonds. The van der Waals surface area contributed by atoms with E-state index in [1.807, 2.05) is 41.8 Å². The summed E-state index contributed by atoms with van der Waals surface area (Å²) < 4.78 is 10.8. The molecule has 0 saturated carbocycles. The fourth-order valence-electron chi connectivity index (χ4n) is 2.31. The smallest absolute Gasteiger partial charge is 0.311 e. The molecule has 1 heterocycles. The molecular formula is C21H19NO4S. The first-order valence-corrected chi connectivity index (χ1v) is 9.42. The minimum Gasteiger partial charge on any atom is -0.494 e. The third-order valence-electron chi connectivity index (χ3n) is 3.63. The largest absolute Gasteiger partial charge is 0.494 e. The van der Waals surface area contributed by atoms with Crippen LogP contribution in [0.15, 0.2) is 72.1 Å². The normalized spacial score (nSPS) is 10.2. The molecule has 0 unspecified atom stereocenters. The third-order valence-corrected chi connectivity index (χ3v) is 4.49. The van der Waals surface area contributed by atoms with E-state index in [9.17, 15) is 9.59 Å². The Morgan fingerprint density at radius 1 is 0.889 bits per heavy atom. The van der Waals surface area contributed by atoms with Gasteiger partial charge in [0.1, 0.15) is 11.5 Å². The number of benzene rings is 2.